The number of nitrogens with one attached hydrogen (secondary N) is 2. The van der Waals surface area contributed by atoms with Crippen molar-refractivity contribution in [3.05, 3.63) is 82.0 Å². The Morgan fingerprint density at radius 3 is 2.72 bits per heavy atom. The highest BCUT2D eigenvalue weighted by atomic mass is 35.5. The molecule has 0 aliphatic heterocycles. The van der Waals surface area contributed by atoms with Gasteiger partial charge in [-0.15, -0.1) is 11.3 Å². The van der Waals surface area contributed by atoms with Crippen LogP contribution in [0.15, 0.2) is 65.7 Å². The van der Waals surface area contributed by atoms with Gasteiger partial charge >= 0.3 is 0 Å². The molecule has 5 rings (SSSR count). The minimum absolute atomic E-state index is 0.0698. The summed E-state index contributed by atoms with van der Waals surface area (Å²) in [6.07, 6.45) is 6.55. The largest absolute Gasteiger partial charge is 0.311 e. The molecule has 3 aromatic heterocycles. The van der Waals surface area contributed by atoms with Gasteiger partial charge in [0.05, 0.1) is 23.3 Å². The van der Waals surface area contributed by atoms with E-state index in [0.717, 1.165) is 15.8 Å². The molecule has 0 radical (unpaired) electrons. The summed E-state index contributed by atoms with van der Waals surface area (Å²) in [6, 6.07) is 16.2. The molecule has 3 heterocycles. The third-order valence-electron chi connectivity index (χ3n) is 5.65. The molecule has 1 aromatic carbocycles. The zero-order chi connectivity index (χ0) is 22.2. The van der Waals surface area contributed by atoms with E-state index in [-0.39, 0.29) is 11.6 Å². The van der Waals surface area contributed by atoms with Gasteiger partial charge in [-0.2, -0.15) is 0 Å². The number of aromatic nitrogens is 2. The fourth-order valence-electron chi connectivity index (χ4n) is 3.82. The molecule has 1 atom stereocenters. The van der Waals surface area contributed by atoms with Crippen molar-refractivity contribution in [2.45, 2.75) is 38.3 Å². The SMILES string of the molecule is C[C@H](CC(=N)c1ccc(-n2ccc3cc(-c4ccc(Cl)cc4)sc3c2=O)cn1)NC1CC1. The van der Waals surface area contributed by atoms with Crippen molar-refractivity contribution in [3.8, 4) is 16.1 Å². The lowest BCUT2D eigenvalue weighted by atomic mass is 10.1. The van der Waals surface area contributed by atoms with Crippen LogP contribution >= 0.6 is 22.9 Å². The van der Waals surface area contributed by atoms with E-state index in [9.17, 15) is 4.79 Å². The van der Waals surface area contributed by atoms with E-state index < -0.39 is 0 Å². The van der Waals surface area contributed by atoms with Crippen LogP contribution in [0, 0.1) is 5.41 Å². The van der Waals surface area contributed by atoms with Crippen LogP contribution in [0.3, 0.4) is 0 Å². The van der Waals surface area contributed by atoms with Gasteiger partial charge in [0, 0.05) is 40.0 Å². The first-order valence-electron chi connectivity index (χ1n) is 10.7. The Morgan fingerprint density at radius 2 is 2.03 bits per heavy atom. The fraction of sp³-hybridized carbons (Fsp3) is 0.240. The van der Waals surface area contributed by atoms with Gasteiger partial charge in [0.1, 0.15) is 4.70 Å². The number of hydrogen-bond donors (Lipinski definition) is 2. The molecule has 1 aliphatic carbocycles. The predicted molar refractivity (Wildman–Crippen MR) is 133 cm³/mol. The number of thiophene rings is 1. The molecule has 5 nitrogen and oxygen atoms in total. The van der Waals surface area contributed by atoms with Crippen molar-refractivity contribution in [3.63, 3.8) is 0 Å². The number of rotatable bonds is 7. The zero-order valence-corrected chi connectivity index (χ0v) is 19.2. The summed E-state index contributed by atoms with van der Waals surface area (Å²) in [6.45, 7) is 2.11. The second-order valence-corrected chi connectivity index (χ2v) is 9.81. The van der Waals surface area contributed by atoms with E-state index in [0.29, 0.717) is 39.3 Å². The summed E-state index contributed by atoms with van der Waals surface area (Å²) in [4.78, 5) is 18.7. The van der Waals surface area contributed by atoms with E-state index in [2.05, 4.69) is 17.2 Å². The van der Waals surface area contributed by atoms with E-state index >= 15 is 0 Å². The molecule has 32 heavy (non-hydrogen) atoms. The van der Waals surface area contributed by atoms with Crippen LogP contribution in [0.1, 0.15) is 31.9 Å². The number of fused-ring (bicyclic) bond motifs is 1. The van der Waals surface area contributed by atoms with Crippen molar-refractivity contribution in [1.82, 2.24) is 14.9 Å². The van der Waals surface area contributed by atoms with Gasteiger partial charge < -0.3 is 10.7 Å². The molecule has 1 saturated carbocycles. The van der Waals surface area contributed by atoms with Gasteiger partial charge in [0.2, 0.25) is 0 Å². The van der Waals surface area contributed by atoms with Crippen LogP contribution < -0.4 is 10.9 Å². The number of nitrogens with zero attached hydrogens (tertiary/aromatic N) is 2. The summed E-state index contributed by atoms with van der Waals surface area (Å²) in [5, 5.41) is 13.5. The Morgan fingerprint density at radius 1 is 1.25 bits per heavy atom. The van der Waals surface area contributed by atoms with Gasteiger partial charge in [0.25, 0.3) is 5.56 Å². The number of halogens is 1. The van der Waals surface area contributed by atoms with Crippen LogP contribution in [0.25, 0.3) is 26.2 Å². The Hall–Kier alpha value is -2.80. The van der Waals surface area contributed by atoms with Gasteiger partial charge in [-0.25, -0.2) is 0 Å². The molecule has 1 aliphatic rings. The highest BCUT2D eigenvalue weighted by Gasteiger charge is 2.23. The average Bonchev–Trinajstić information content (AvgIpc) is 3.49. The smallest absolute Gasteiger partial charge is 0.273 e. The standard InChI is InChI=1S/C25H23ClN4OS/c1-15(29-19-6-7-19)12-21(27)22-9-8-20(14-28-22)30-11-10-17-13-23(32-24(17)25(30)31)16-2-4-18(26)5-3-16/h2-5,8-11,13-15,19,27,29H,6-7,12H2,1H3/t15-/m1/s1. The van der Waals surface area contributed by atoms with Gasteiger partial charge in [0.15, 0.2) is 0 Å². The molecule has 4 aromatic rings. The lowest BCUT2D eigenvalue weighted by Gasteiger charge is -2.13. The van der Waals surface area contributed by atoms with Crippen molar-refractivity contribution < 1.29 is 0 Å². The normalized spacial score (nSPS) is 14.6. The highest BCUT2D eigenvalue weighted by Crippen LogP contribution is 2.32. The maximum Gasteiger partial charge on any atom is 0.273 e. The number of pyridine rings is 2. The molecule has 2 N–H and O–H groups in total. The molecule has 0 amide bonds. The summed E-state index contributed by atoms with van der Waals surface area (Å²) >= 11 is 7.48. The van der Waals surface area contributed by atoms with Crippen LogP contribution in [-0.4, -0.2) is 27.3 Å². The molecule has 0 spiro atoms. The van der Waals surface area contributed by atoms with Gasteiger partial charge in [-0.1, -0.05) is 23.7 Å². The van der Waals surface area contributed by atoms with Crippen LogP contribution in [0.5, 0.6) is 0 Å². The molecule has 162 valence electrons. The average molecular weight is 463 g/mol. The maximum atomic E-state index is 13.2. The van der Waals surface area contributed by atoms with E-state index in [1.807, 2.05) is 48.5 Å². The lowest BCUT2D eigenvalue weighted by Crippen LogP contribution is -2.30. The maximum absolute atomic E-state index is 13.2. The van der Waals surface area contributed by atoms with Crippen molar-refractivity contribution in [1.29, 1.82) is 5.41 Å². The van der Waals surface area contributed by atoms with Crippen molar-refractivity contribution in [2.75, 3.05) is 0 Å². The Kier molecular flexibility index (Phi) is 5.67. The Labute approximate surface area is 195 Å². The van der Waals surface area contributed by atoms with Gasteiger partial charge in [-0.05, 0) is 61.7 Å². The topological polar surface area (TPSA) is 70.8 Å². The second kappa shape index (κ2) is 8.62. The van der Waals surface area contributed by atoms with Gasteiger partial charge in [-0.3, -0.25) is 14.3 Å². The fourth-order valence-corrected chi connectivity index (χ4v) is 5.03. The third-order valence-corrected chi connectivity index (χ3v) is 7.09. The molecule has 0 saturated heterocycles. The first-order valence-corrected chi connectivity index (χ1v) is 11.9. The first kappa shape index (κ1) is 21.1. The van der Waals surface area contributed by atoms with E-state index in [4.69, 9.17) is 17.0 Å². The minimum Gasteiger partial charge on any atom is -0.311 e. The zero-order valence-electron chi connectivity index (χ0n) is 17.6. The van der Waals surface area contributed by atoms with Crippen LogP contribution in [-0.2, 0) is 0 Å². The Bertz CT molecular complexity index is 1340. The molecular weight excluding hydrogens is 440 g/mol. The van der Waals surface area contributed by atoms with E-state index in [1.54, 1.807) is 17.0 Å². The lowest BCUT2D eigenvalue weighted by molar-refractivity contribution is 0.559. The molecule has 0 unspecified atom stereocenters. The summed E-state index contributed by atoms with van der Waals surface area (Å²) in [5.74, 6) is 0. The first-order chi connectivity index (χ1) is 15.5. The highest BCUT2D eigenvalue weighted by molar-refractivity contribution is 7.22. The van der Waals surface area contributed by atoms with E-state index in [1.165, 1.54) is 24.2 Å². The molecule has 1 fully saturated rings. The number of hydrogen-bond acceptors (Lipinski definition) is 5. The Balaban J connectivity index is 1.39. The summed E-state index contributed by atoms with van der Waals surface area (Å²) in [5.41, 5.74) is 2.81. The van der Waals surface area contributed by atoms with Crippen LogP contribution in [0.4, 0.5) is 0 Å². The molecule has 7 heteroatoms. The van der Waals surface area contributed by atoms with Crippen molar-refractivity contribution >= 4 is 38.7 Å². The summed E-state index contributed by atoms with van der Waals surface area (Å²) in [7, 11) is 0. The second-order valence-electron chi connectivity index (χ2n) is 8.32. The molecule has 0 bridgehead atoms. The monoisotopic (exact) mass is 462 g/mol. The number of benzene rings is 1. The van der Waals surface area contributed by atoms with Crippen molar-refractivity contribution in [2.24, 2.45) is 0 Å². The summed E-state index contributed by atoms with van der Waals surface area (Å²) < 4.78 is 2.32. The quantitative estimate of drug-likeness (QED) is 0.348. The molecular formula is C25H23ClN4OS. The van der Waals surface area contributed by atoms with Crippen LogP contribution in [0.2, 0.25) is 5.02 Å². The predicted octanol–water partition coefficient (Wildman–Crippen LogP) is 5.67. The minimum atomic E-state index is -0.0698. The third kappa shape index (κ3) is 4.39.